The fourth-order valence-corrected chi connectivity index (χ4v) is 4.44. The van der Waals surface area contributed by atoms with Crippen LogP contribution >= 0.6 is 0 Å². The van der Waals surface area contributed by atoms with Gasteiger partial charge in [0, 0.05) is 12.6 Å². The van der Waals surface area contributed by atoms with Gasteiger partial charge in [-0.25, -0.2) is 0 Å². The Morgan fingerprint density at radius 3 is 2.24 bits per heavy atom. The monoisotopic (exact) mass is 294 g/mol. The van der Waals surface area contributed by atoms with Crippen molar-refractivity contribution in [2.75, 3.05) is 26.2 Å². The minimum absolute atomic E-state index is 0.789. The first-order chi connectivity index (χ1) is 10.3. The van der Waals surface area contributed by atoms with Crippen LogP contribution in [0, 0.1) is 17.8 Å². The van der Waals surface area contributed by atoms with E-state index in [1.54, 1.807) is 0 Å². The quantitative estimate of drug-likeness (QED) is 0.753. The topological polar surface area (TPSA) is 15.3 Å². The number of likely N-dealkylation sites (tertiary alicyclic amines) is 1. The molecule has 0 aromatic rings. The second-order valence-electron chi connectivity index (χ2n) is 7.56. The van der Waals surface area contributed by atoms with Gasteiger partial charge in [0.2, 0.25) is 0 Å². The fourth-order valence-electron chi connectivity index (χ4n) is 4.44. The number of nitrogens with one attached hydrogen (secondary N) is 1. The van der Waals surface area contributed by atoms with Gasteiger partial charge in [0.15, 0.2) is 0 Å². The van der Waals surface area contributed by atoms with Crippen molar-refractivity contribution in [2.24, 2.45) is 17.8 Å². The van der Waals surface area contributed by atoms with Crippen LogP contribution in [0.15, 0.2) is 0 Å². The lowest BCUT2D eigenvalue weighted by atomic mass is 9.76. The van der Waals surface area contributed by atoms with Crippen molar-refractivity contribution in [3.05, 3.63) is 0 Å². The van der Waals surface area contributed by atoms with E-state index in [4.69, 9.17) is 0 Å². The normalized spacial score (nSPS) is 32.4. The number of hydrogen-bond acceptors (Lipinski definition) is 2. The highest BCUT2D eigenvalue weighted by molar-refractivity contribution is 4.87. The van der Waals surface area contributed by atoms with E-state index in [0.29, 0.717) is 0 Å². The molecule has 1 aliphatic carbocycles. The van der Waals surface area contributed by atoms with Gasteiger partial charge in [0.05, 0.1) is 0 Å². The maximum Gasteiger partial charge on any atom is 0.0108 e. The van der Waals surface area contributed by atoms with Crippen molar-refractivity contribution in [1.29, 1.82) is 0 Å². The van der Waals surface area contributed by atoms with E-state index in [2.05, 4.69) is 31.0 Å². The molecule has 0 radical (unpaired) electrons. The molecule has 0 aromatic carbocycles. The molecule has 0 aromatic heterocycles. The van der Waals surface area contributed by atoms with Gasteiger partial charge in [0.25, 0.3) is 0 Å². The van der Waals surface area contributed by atoms with Gasteiger partial charge in [0.1, 0.15) is 0 Å². The zero-order valence-electron chi connectivity index (χ0n) is 14.7. The maximum absolute atomic E-state index is 3.85. The van der Waals surface area contributed by atoms with Gasteiger partial charge >= 0.3 is 0 Å². The zero-order chi connectivity index (χ0) is 15.1. The highest BCUT2D eigenvalue weighted by atomic mass is 15.1. The van der Waals surface area contributed by atoms with Crippen LogP contribution in [0.1, 0.15) is 72.1 Å². The van der Waals surface area contributed by atoms with Crippen LogP contribution in [-0.2, 0) is 0 Å². The smallest absolute Gasteiger partial charge is 0.0108 e. The third kappa shape index (κ3) is 5.25. The fraction of sp³-hybridized carbons (Fsp3) is 1.00. The second-order valence-corrected chi connectivity index (χ2v) is 7.56. The predicted molar refractivity (Wildman–Crippen MR) is 92.7 cm³/mol. The Hall–Kier alpha value is -0.0800. The van der Waals surface area contributed by atoms with E-state index in [0.717, 1.165) is 23.8 Å². The first kappa shape index (κ1) is 17.3. The van der Waals surface area contributed by atoms with Gasteiger partial charge in [-0.1, -0.05) is 33.6 Å². The Morgan fingerprint density at radius 2 is 1.62 bits per heavy atom. The summed E-state index contributed by atoms with van der Waals surface area (Å²) in [4.78, 5) is 2.77. The standard InChI is InChI=1S/C19H38N2/c1-4-11-20-19-8-7-17(6-3)14-18(19)15-21-12-9-16(5-2)10-13-21/h16-20H,4-15H2,1-3H3. The van der Waals surface area contributed by atoms with Crippen molar-refractivity contribution >= 4 is 0 Å². The van der Waals surface area contributed by atoms with E-state index in [-0.39, 0.29) is 0 Å². The Bertz CT molecular complexity index is 271. The molecule has 1 saturated carbocycles. The molecular weight excluding hydrogens is 256 g/mol. The van der Waals surface area contributed by atoms with Crippen LogP contribution in [-0.4, -0.2) is 37.1 Å². The lowest BCUT2D eigenvalue weighted by Gasteiger charge is -2.41. The molecule has 1 saturated heterocycles. The summed E-state index contributed by atoms with van der Waals surface area (Å²) in [6, 6.07) is 0.789. The predicted octanol–water partition coefficient (Wildman–Crippen LogP) is 4.30. The molecule has 1 N–H and O–H groups in total. The molecule has 2 fully saturated rings. The molecule has 2 rings (SSSR count). The average Bonchev–Trinajstić information content (AvgIpc) is 2.54. The Kier molecular flexibility index (Phi) is 7.53. The molecule has 1 heterocycles. The summed E-state index contributed by atoms with van der Waals surface area (Å²) in [5.41, 5.74) is 0. The molecule has 1 aliphatic heterocycles. The minimum Gasteiger partial charge on any atom is -0.314 e. The van der Waals surface area contributed by atoms with Gasteiger partial charge in [-0.15, -0.1) is 0 Å². The van der Waals surface area contributed by atoms with E-state index in [1.807, 2.05) is 0 Å². The number of hydrogen-bond donors (Lipinski definition) is 1. The van der Waals surface area contributed by atoms with Crippen LogP contribution in [0.3, 0.4) is 0 Å². The Balaban J connectivity index is 1.83. The van der Waals surface area contributed by atoms with Crippen LogP contribution in [0.4, 0.5) is 0 Å². The summed E-state index contributed by atoms with van der Waals surface area (Å²) in [6.07, 6.45) is 11.2. The molecule has 0 spiro atoms. The summed E-state index contributed by atoms with van der Waals surface area (Å²) >= 11 is 0. The van der Waals surface area contributed by atoms with E-state index >= 15 is 0 Å². The summed E-state index contributed by atoms with van der Waals surface area (Å²) in [7, 11) is 0. The van der Waals surface area contributed by atoms with E-state index < -0.39 is 0 Å². The molecule has 124 valence electrons. The van der Waals surface area contributed by atoms with Crippen molar-refractivity contribution in [3.8, 4) is 0 Å². The number of rotatable bonds is 7. The first-order valence-corrected chi connectivity index (χ1v) is 9.72. The summed E-state index contributed by atoms with van der Waals surface area (Å²) in [6.45, 7) is 12.3. The third-order valence-electron chi connectivity index (χ3n) is 6.10. The molecule has 2 heteroatoms. The highest BCUT2D eigenvalue weighted by Gasteiger charge is 2.31. The van der Waals surface area contributed by atoms with Crippen LogP contribution in [0.5, 0.6) is 0 Å². The maximum atomic E-state index is 3.85. The number of nitrogens with zero attached hydrogens (tertiary/aromatic N) is 1. The second kappa shape index (κ2) is 9.15. The van der Waals surface area contributed by atoms with Crippen molar-refractivity contribution < 1.29 is 0 Å². The Morgan fingerprint density at radius 1 is 0.905 bits per heavy atom. The minimum atomic E-state index is 0.789. The first-order valence-electron chi connectivity index (χ1n) is 9.72. The van der Waals surface area contributed by atoms with Crippen LogP contribution < -0.4 is 5.32 Å². The van der Waals surface area contributed by atoms with E-state index in [1.165, 1.54) is 77.5 Å². The SMILES string of the molecule is CCCNC1CCC(CC)CC1CN1CCC(CC)CC1. The van der Waals surface area contributed by atoms with E-state index in [9.17, 15) is 0 Å². The van der Waals surface area contributed by atoms with Crippen molar-refractivity contribution in [2.45, 2.75) is 78.2 Å². The summed E-state index contributed by atoms with van der Waals surface area (Å²) in [5, 5.41) is 3.85. The van der Waals surface area contributed by atoms with Gasteiger partial charge in [-0.3, -0.25) is 0 Å². The largest absolute Gasteiger partial charge is 0.314 e. The Labute approximate surface area is 133 Å². The van der Waals surface area contributed by atoms with Gasteiger partial charge in [-0.05, 0) is 75.9 Å². The molecule has 3 unspecified atom stereocenters. The molecule has 2 aliphatic rings. The molecule has 21 heavy (non-hydrogen) atoms. The van der Waals surface area contributed by atoms with Gasteiger partial charge in [-0.2, -0.15) is 0 Å². The van der Waals surface area contributed by atoms with Crippen LogP contribution in [0.2, 0.25) is 0 Å². The third-order valence-corrected chi connectivity index (χ3v) is 6.10. The molecular formula is C19H38N2. The molecule has 3 atom stereocenters. The molecule has 0 bridgehead atoms. The number of piperidine rings is 1. The lowest BCUT2D eigenvalue weighted by molar-refractivity contribution is 0.109. The molecule has 2 nitrogen and oxygen atoms in total. The molecule has 0 amide bonds. The van der Waals surface area contributed by atoms with Crippen molar-refractivity contribution in [1.82, 2.24) is 10.2 Å². The average molecular weight is 295 g/mol. The van der Waals surface area contributed by atoms with Crippen molar-refractivity contribution in [3.63, 3.8) is 0 Å². The van der Waals surface area contributed by atoms with Gasteiger partial charge < -0.3 is 10.2 Å². The summed E-state index contributed by atoms with van der Waals surface area (Å²) in [5.74, 6) is 2.89. The summed E-state index contributed by atoms with van der Waals surface area (Å²) < 4.78 is 0. The lowest BCUT2D eigenvalue weighted by Crippen LogP contribution is -2.47. The zero-order valence-corrected chi connectivity index (χ0v) is 14.7. The highest BCUT2D eigenvalue weighted by Crippen LogP contribution is 2.33. The van der Waals surface area contributed by atoms with Crippen LogP contribution in [0.25, 0.3) is 0 Å².